The number of hydrogen-bond acceptors (Lipinski definition) is 6. The third-order valence-corrected chi connectivity index (χ3v) is 5.31. The SMILES string of the molecule is Cc1cccc(S(=O)(=O)Nc2ccc(C)n(CC(=O)NCCONC(=N)N)c2=O)c1. The Morgan fingerprint density at radius 1 is 1.23 bits per heavy atom. The molecule has 1 aromatic carbocycles. The molecule has 1 heterocycles. The van der Waals surface area contributed by atoms with E-state index in [1.54, 1.807) is 32.0 Å². The van der Waals surface area contributed by atoms with Gasteiger partial charge in [0, 0.05) is 12.2 Å². The Morgan fingerprint density at radius 2 is 1.97 bits per heavy atom. The van der Waals surface area contributed by atoms with Crippen molar-refractivity contribution < 1.29 is 18.0 Å². The first-order valence-corrected chi connectivity index (χ1v) is 10.4. The lowest BCUT2D eigenvalue weighted by atomic mass is 10.2. The van der Waals surface area contributed by atoms with E-state index < -0.39 is 21.5 Å². The van der Waals surface area contributed by atoms with Crippen molar-refractivity contribution >= 4 is 27.6 Å². The molecule has 0 unspecified atom stereocenters. The third-order valence-electron chi connectivity index (χ3n) is 3.95. The molecule has 0 atom stereocenters. The molecule has 6 N–H and O–H groups in total. The highest BCUT2D eigenvalue weighted by molar-refractivity contribution is 7.92. The van der Waals surface area contributed by atoms with Crippen molar-refractivity contribution in [3.05, 3.63) is 58.0 Å². The van der Waals surface area contributed by atoms with Crippen molar-refractivity contribution in [3.63, 3.8) is 0 Å². The van der Waals surface area contributed by atoms with Gasteiger partial charge >= 0.3 is 0 Å². The predicted octanol–water partition coefficient (Wildman–Crippen LogP) is -0.203. The molecule has 0 saturated heterocycles. The van der Waals surface area contributed by atoms with Crippen LogP contribution in [-0.2, 0) is 26.2 Å². The van der Waals surface area contributed by atoms with Gasteiger partial charge in [0.25, 0.3) is 15.6 Å². The van der Waals surface area contributed by atoms with Crippen LogP contribution < -0.4 is 26.8 Å². The minimum atomic E-state index is -3.96. The van der Waals surface area contributed by atoms with Gasteiger partial charge in [0.15, 0.2) is 0 Å². The van der Waals surface area contributed by atoms with Gasteiger partial charge in [-0.05, 0) is 43.7 Å². The summed E-state index contributed by atoms with van der Waals surface area (Å²) in [5.41, 5.74) is 7.61. The van der Waals surface area contributed by atoms with Crippen molar-refractivity contribution in [2.45, 2.75) is 25.3 Å². The molecule has 0 bridgehead atoms. The van der Waals surface area contributed by atoms with Gasteiger partial charge in [0.2, 0.25) is 11.9 Å². The molecule has 0 aliphatic carbocycles. The fraction of sp³-hybridized carbons (Fsp3) is 0.278. The molecule has 0 aliphatic rings. The van der Waals surface area contributed by atoms with Crippen LogP contribution in [0.2, 0.25) is 0 Å². The maximum Gasteiger partial charge on any atom is 0.275 e. The first-order chi connectivity index (χ1) is 14.1. The molecule has 0 aliphatic heterocycles. The van der Waals surface area contributed by atoms with E-state index in [0.717, 1.165) is 10.1 Å². The van der Waals surface area contributed by atoms with Crippen LogP contribution in [0, 0.1) is 19.3 Å². The number of rotatable bonds is 9. The van der Waals surface area contributed by atoms with Crippen molar-refractivity contribution in [1.82, 2.24) is 15.4 Å². The molecule has 1 aromatic heterocycles. The number of benzene rings is 1. The topological polar surface area (TPSA) is 168 Å². The average molecular weight is 436 g/mol. The lowest BCUT2D eigenvalue weighted by Gasteiger charge is -2.14. The first kappa shape index (κ1) is 22.9. The molecule has 2 aromatic rings. The summed E-state index contributed by atoms with van der Waals surface area (Å²) in [7, 11) is -3.96. The van der Waals surface area contributed by atoms with Crippen molar-refractivity contribution in [3.8, 4) is 0 Å². The summed E-state index contributed by atoms with van der Waals surface area (Å²) in [6.45, 7) is 3.26. The largest absolute Gasteiger partial charge is 0.368 e. The lowest BCUT2D eigenvalue weighted by molar-refractivity contribution is -0.122. The van der Waals surface area contributed by atoms with Gasteiger partial charge in [-0.1, -0.05) is 12.1 Å². The van der Waals surface area contributed by atoms with Crippen LogP contribution in [0.15, 0.2) is 46.1 Å². The summed E-state index contributed by atoms with van der Waals surface area (Å²) >= 11 is 0. The van der Waals surface area contributed by atoms with E-state index >= 15 is 0 Å². The summed E-state index contributed by atoms with van der Waals surface area (Å²) in [5, 5.41) is 9.47. The van der Waals surface area contributed by atoms with Crippen LogP contribution in [-0.4, -0.2) is 38.0 Å². The number of sulfonamides is 1. The van der Waals surface area contributed by atoms with Gasteiger partial charge in [0.05, 0.1) is 11.5 Å². The monoisotopic (exact) mass is 436 g/mol. The Labute approximate surface area is 173 Å². The summed E-state index contributed by atoms with van der Waals surface area (Å²) < 4.78 is 28.6. The fourth-order valence-corrected chi connectivity index (χ4v) is 3.66. The Balaban J connectivity index is 2.10. The lowest BCUT2D eigenvalue weighted by Crippen LogP contribution is -2.37. The second-order valence-corrected chi connectivity index (χ2v) is 8.10. The van der Waals surface area contributed by atoms with E-state index in [-0.39, 0.29) is 36.2 Å². The zero-order chi connectivity index (χ0) is 22.3. The van der Waals surface area contributed by atoms with Gasteiger partial charge in [-0.3, -0.25) is 24.6 Å². The number of carbonyl (C=O) groups excluding carboxylic acids is 1. The average Bonchev–Trinajstić information content (AvgIpc) is 2.67. The number of amides is 1. The first-order valence-electron chi connectivity index (χ1n) is 8.88. The molecule has 11 nitrogen and oxygen atoms in total. The molecule has 0 radical (unpaired) electrons. The molecular formula is C18H24N6O5S. The number of aryl methyl sites for hydroxylation is 2. The Kier molecular flexibility index (Phi) is 7.55. The van der Waals surface area contributed by atoms with Gasteiger partial charge in [0.1, 0.15) is 12.2 Å². The highest BCUT2D eigenvalue weighted by Gasteiger charge is 2.18. The van der Waals surface area contributed by atoms with E-state index in [1.165, 1.54) is 18.2 Å². The molecule has 2 rings (SSSR count). The predicted molar refractivity (Wildman–Crippen MR) is 111 cm³/mol. The molecule has 0 saturated carbocycles. The molecule has 30 heavy (non-hydrogen) atoms. The van der Waals surface area contributed by atoms with Crippen molar-refractivity contribution in [2.24, 2.45) is 5.73 Å². The number of anilines is 1. The summed E-state index contributed by atoms with van der Waals surface area (Å²) in [6.07, 6.45) is 0. The van der Waals surface area contributed by atoms with Crippen molar-refractivity contribution in [2.75, 3.05) is 17.9 Å². The molecular weight excluding hydrogens is 412 g/mol. The van der Waals surface area contributed by atoms with E-state index in [1.807, 2.05) is 0 Å². The summed E-state index contributed by atoms with van der Waals surface area (Å²) in [6, 6.07) is 9.20. The number of hydroxylamine groups is 1. The third kappa shape index (κ3) is 6.32. The maximum atomic E-state index is 12.7. The number of carbonyl (C=O) groups is 1. The molecule has 0 spiro atoms. The number of nitrogens with one attached hydrogen (secondary N) is 4. The van der Waals surface area contributed by atoms with Gasteiger partial charge < -0.3 is 15.6 Å². The highest BCUT2D eigenvalue weighted by atomic mass is 32.2. The summed E-state index contributed by atoms with van der Waals surface area (Å²) in [5.74, 6) is -0.834. The number of nitrogens with zero attached hydrogens (tertiary/aromatic N) is 1. The van der Waals surface area contributed by atoms with Crippen molar-refractivity contribution in [1.29, 1.82) is 5.41 Å². The quantitative estimate of drug-likeness (QED) is 0.157. The van der Waals surface area contributed by atoms with E-state index in [2.05, 4.69) is 15.5 Å². The zero-order valence-electron chi connectivity index (χ0n) is 16.6. The van der Waals surface area contributed by atoms with Crippen LogP contribution in [0.4, 0.5) is 5.69 Å². The number of hydrogen-bond donors (Lipinski definition) is 5. The van der Waals surface area contributed by atoms with E-state index in [4.69, 9.17) is 16.0 Å². The van der Waals surface area contributed by atoms with E-state index in [0.29, 0.717) is 5.69 Å². The number of aromatic nitrogens is 1. The van der Waals surface area contributed by atoms with E-state index in [9.17, 15) is 18.0 Å². The molecule has 0 fully saturated rings. The van der Waals surface area contributed by atoms with Gasteiger partial charge in [-0.25, -0.2) is 13.9 Å². The normalized spacial score (nSPS) is 11.0. The minimum Gasteiger partial charge on any atom is -0.368 e. The molecule has 1 amide bonds. The second-order valence-electron chi connectivity index (χ2n) is 6.42. The molecule has 12 heteroatoms. The Hall–Kier alpha value is -3.38. The zero-order valence-corrected chi connectivity index (χ0v) is 17.4. The standard InChI is InChI=1S/C18H24N6O5S/c1-12-4-3-5-14(10-12)30(27,28)23-15-7-6-13(2)24(17(15)26)11-16(25)21-8-9-29-22-18(19)20/h3-7,10,23H,8-9,11H2,1-2H3,(H,21,25)(H4,19,20,22). The van der Waals surface area contributed by atoms with Crippen LogP contribution in [0.1, 0.15) is 11.3 Å². The Bertz CT molecular complexity index is 1100. The number of guanidine groups is 1. The number of pyridine rings is 1. The van der Waals surface area contributed by atoms with Crippen LogP contribution in [0.3, 0.4) is 0 Å². The molecule has 162 valence electrons. The fourth-order valence-electron chi connectivity index (χ4n) is 2.50. The smallest absolute Gasteiger partial charge is 0.275 e. The summed E-state index contributed by atoms with van der Waals surface area (Å²) in [4.78, 5) is 29.7. The highest BCUT2D eigenvalue weighted by Crippen LogP contribution is 2.15. The van der Waals surface area contributed by atoms with Crippen LogP contribution in [0.25, 0.3) is 0 Å². The Morgan fingerprint density at radius 3 is 2.63 bits per heavy atom. The maximum absolute atomic E-state index is 12.7. The minimum absolute atomic E-state index is 0.0333. The number of nitrogens with two attached hydrogens (primary N) is 1. The van der Waals surface area contributed by atoms with Gasteiger partial charge in [-0.2, -0.15) is 0 Å². The van der Waals surface area contributed by atoms with Crippen LogP contribution in [0.5, 0.6) is 0 Å². The van der Waals surface area contributed by atoms with Crippen LogP contribution >= 0.6 is 0 Å². The second kappa shape index (κ2) is 9.89. The van der Waals surface area contributed by atoms with Gasteiger partial charge in [-0.15, -0.1) is 0 Å².